The number of ether oxygens (including phenoxy) is 1. The zero-order valence-electron chi connectivity index (χ0n) is 8.91. The molecule has 0 aliphatic carbocycles. The predicted octanol–water partition coefficient (Wildman–Crippen LogP) is 0.935. The van der Waals surface area contributed by atoms with Crippen LogP contribution in [0.1, 0.15) is 6.42 Å². The monoisotopic (exact) mass is 274 g/mol. The molecular weight excluding hydrogens is 268 g/mol. The summed E-state index contributed by atoms with van der Waals surface area (Å²) in [5.74, 6) is -0.399. The summed E-state index contributed by atoms with van der Waals surface area (Å²) in [4.78, 5) is 32.9. The van der Waals surface area contributed by atoms with Gasteiger partial charge in [-0.25, -0.2) is 14.7 Å². The Kier molecular flexibility index (Phi) is 3.15. The van der Waals surface area contributed by atoms with Gasteiger partial charge < -0.3 is 4.74 Å². The van der Waals surface area contributed by atoms with Crippen LogP contribution in [0.5, 0.6) is 0 Å². The topological polar surface area (TPSA) is 105 Å². The van der Waals surface area contributed by atoms with E-state index >= 15 is 0 Å². The highest BCUT2D eigenvalue weighted by molar-refractivity contribution is 6.64. The number of rotatable bonds is 2. The second-order valence-corrected chi connectivity index (χ2v) is 3.73. The lowest BCUT2D eigenvalue weighted by Crippen LogP contribution is -2.31. The first kappa shape index (κ1) is 12.3. The maximum absolute atomic E-state index is 11.6. The molecule has 0 aromatic carbocycles. The van der Waals surface area contributed by atoms with Gasteiger partial charge in [-0.15, -0.1) is 5.10 Å². The molecule has 1 saturated heterocycles. The van der Waals surface area contributed by atoms with Crippen LogP contribution in [0.3, 0.4) is 0 Å². The maximum atomic E-state index is 11.6. The molecule has 3 amide bonds. The summed E-state index contributed by atoms with van der Waals surface area (Å²) >= 11 is 5.19. The van der Waals surface area contributed by atoms with Crippen LogP contribution in [0, 0.1) is 10.1 Å². The van der Waals surface area contributed by atoms with Crippen LogP contribution in [0.15, 0.2) is 17.1 Å². The number of hydrogen-bond acceptors (Lipinski definition) is 6. The molecule has 0 bridgehead atoms. The van der Waals surface area contributed by atoms with E-state index in [-0.39, 0.29) is 25.4 Å². The highest BCUT2D eigenvalue weighted by Gasteiger charge is 2.34. The van der Waals surface area contributed by atoms with Crippen LogP contribution in [-0.2, 0) is 4.74 Å². The van der Waals surface area contributed by atoms with Crippen molar-refractivity contribution < 1.29 is 19.2 Å². The van der Waals surface area contributed by atoms with Gasteiger partial charge in [0.15, 0.2) is 0 Å². The summed E-state index contributed by atoms with van der Waals surface area (Å²) in [5.41, 5.74) is 0. The molecule has 2 aliphatic heterocycles. The van der Waals surface area contributed by atoms with E-state index in [0.717, 1.165) is 9.91 Å². The van der Waals surface area contributed by atoms with Crippen molar-refractivity contribution in [3.63, 3.8) is 0 Å². The number of hydrogen-bond donors (Lipinski definition) is 0. The number of carbonyl (C=O) groups is 2. The molecule has 0 radical (unpaired) electrons. The van der Waals surface area contributed by atoms with E-state index in [9.17, 15) is 19.7 Å². The molecule has 9 nitrogen and oxygen atoms in total. The number of nitrogens with zero attached hydrogens (tertiary/aromatic N) is 4. The fourth-order valence-electron chi connectivity index (χ4n) is 1.47. The van der Waals surface area contributed by atoms with Gasteiger partial charge in [0.1, 0.15) is 4.92 Å². The molecule has 2 aliphatic rings. The number of nitro groups is 1. The van der Waals surface area contributed by atoms with Crippen LogP contribution in [0.4, 0.5) is 9.59 Å². The van der Waals surface area contributed by atoms with E-state index in [2.05, 4.69) is 5.10 Å². The third kappa shape index (κ3) is 2.25. The maximum Gasteiger partial charge on any atom is 0.430 e. The first-order valence-electron chi connectivity index (χ1n) is 4.87. The molecule has 0 aromatic heterocycles. The Hall–Kier alpha value is -2.16. The lowest BCUT2D eigenvalue weighted by atomic mass is 10.4. The molecule has 1 fully saturated rings. The molecular formula is C8H7ClN4O5. The number of hydrazone groups is 1. The molecule has 0 unspecified atom stereocenters. The van der Waals surface area contributed by atoms with Gasteiger partial charge in [-0.1, -0.05) is 0 Å². The van der Waals surface area contributed by atoms with Crippen molar-refractivity contribution >= 4 is 28.9 Å². The molecule has 0 atom stereocenters. The molecule has 0 spiro atoms. The molecule has 0 N–H and O–H groups in total. The van der Waals surface area contributed by atoms with Crippen molar-refractivity contribution in [2.75, 3.05) is 13.1 Å². The first-order chi connectivity index (χ1) is 8.49. The Morgan fingerprint density at radius 1 is 1.56 bits per heavy atom. The Balaban J connectivity index is 2.02. The average Bonchev–Trinajstić information content (AvgIpc) is 2.87. The largest absolute Gasteiger partial charge is 0.430 e. The minimum Gasteiger partial charge on any atom is -0.385 e. The third-order valence-electron chi connectivity index (χ3n) is 2.29. The summed E-state index contributed by atoms with van der Waals surface area (Å²) < 4.78 is 4.81. The van der Waals surface area contributed by atoms with Gasteiger partial charge in [0.2, 0.25) is 5.90 Å². The highest BCUT2D eigenvalue weighted by atomic mass is 35.5. The quantitative estimate of drug-likeness (QED) is 0.322. The van der Waals surface area contributed by atoms with Gasteiger partial charge in [0.25, 0.3) is 0 Å². The lowest BCUT2D eigenvalue weighted by molar-refractivity contribution is -0.454. The minimum absolute atomic E-state index is 0.0268. The standard InChI is InChI=1S/C8H7ClN4O5/c9-7(14)11-3-4-12(8(11)15)10-5-1-2-6(18-5)13(16)17/h2H,1,3-4H2. The molecule has 2 heterocycles. The van der Waals surface area contributed by atoms with Crippen molar-refractivity contribution in [2.45, 2.75) is 6.42 Å². The Morgan fingerprint density at radius 2 is 2.28 bits per heavy atom. The number of amides is 3. The fraction of sp³-hybridized carbons (Fsp3) is 0.375. The van der Waals surface area contributed by atoms with Gasteiger partial charge in [-0.2, -0.15) is 0 Å². The summed E-state index contributed by atoms with van der Waals surface area (Å²) in [6.45, 7) is 0.283. The highest BCUT2D eigenvalue weighted by Crippen LogP contribution is 2.16. The number of halogens is 1. The van der Waals surface area contributed by atoms with Crippen LogP contribution in [0.2, 0.25) is 0 Å². The number of carbonyl (C=O) groups excluding carboxylic acids is 2. The molecule has 2 rings (SSSR count). The third-order valence-corrected chi connectivity index (χ3v) is 2.49. The molecule has 18 heavy (non-hydrogen) atoms. The zero-order valence-corrected chi connectivity index (χ0v) is 9.66. The molecule has 96 valence electrons. The molecule has 0 aromatic rings. The van der Waals surface area contributed by atoms with Gasteiger partial charge in [0, 0.05) is 6.08 Å². The van der Waals surface area contributed by atoms with E-state index in [4.69, 9.17) is 16.3 Å². The van der Waals surface area contributed by atoms with Crippen molar-refractivity contribution in [3.05, 3.63) is 22.1 Å². The van der Waals surface area contributed by atoms with Gasteiger partial charge in [-0.3, -0.25) is 14.9 Å². The fourth-order valence-corrected chi connectivity index (χ4v) is 1.62. The van der Waals surface area contributed by atoms with E-state index in [1.807, 2.05) is 0 Å². The molecule has 0 saturated carbocycles. The SMILES string of the molecule is O=C(Cl)N1CCN(N=C2CC=C([N+](=O)[O-])O2)C1=O. The summed E-state index contributed by atoms with van der Waals surface area (Å²) in [6, 6.07) is -0.680. The van der Waals surface area contributed by atoms with Crippen molar-refractivity contribution in [2.24, 2.45) is 5.10 Å². The van der Waals surface area contributed by atoms with E-state index in [1.54, 1.807) is 0 Å². The zero-order chi connectivity index (χ0) is 13.3. The van der Waals surface area contributed by atoms with Crippen LogP contribution in [0.25, 0.3) is 0 Å². The Morgan fingerprint density at radius 3 is 2.78 bits per heavy atom. The van der Waals surface area contributed by atoms with Gasteiger partial charge in [-0.05, 0) is 11.6 Å². The second kappa shape index (κ2) is 4.61. The van der Waals surface area contributed by atoms with Gasteiger partial charge >= 0.3 is 17.3 Å². The van der Waals surface area contributed by atoms with Crippen molar-refractivity contribution in [1.82, 2.24) is 9.91 Å². The van der Waals surface area contributed by atoms with Crippen LogP contribution < -0.4 is 0 Å². The minimum atomic E-state index is -0.890. The van der Waals surface area contributed by atoms with E-state index < -0.39 is 22.2 Å². The van der Waals surface area contributed by atoms with E-state index in [1.165, 1.54) is 6.08 Å². The van der Waals surface area contributed by atoms with Gasteiger partial charge in [0.05, 0.1) is 19.5 Å². The van der Waals surface area contributed by atoms with Crippen molar-refractivity contribution in [1.29, 1.82) is 0 Å². The van der Waals surface area contributed by atoms with E-state index in [0.29, 0.717) is 0 Å². The summed E-state index contributed by atoms with van der Waals surface area (Å²) in [7, 11) is 0. The summed E-state index contributed by atoms with van der Waals surface area (Å²) in [5, 5.41) is 14.3. The number of imide groups is 1. The first-order valence-corrected chi connectivity index (χ1v) is 5.25. The second-order valence-electron chi connectivity index (χ2n) is 3.41. The Labute approximate surface area is 105 Å². The number of urea groups is 1. The summed E-state index contributed by atoms with van der Waals surface area (Å²) in [6.07, 6.45) is 1.36. The average molecular weight is 275 g/mol. The van der Waals surface area contributed by atoms with Crippen molar-refractivity contribution in [3.8, 4) is 0 Å². The normalized spacial score (nSPS) is 21.3. The lowest BCUT2D eigenvalue weighted by Gasteiger charge is -2.10. The predicted molar refractivity (Wildman–Crippen MR) is 58.3 cm³/mol. The van der Waals surface area contributed by atoms with Crippen LogP contribution >= 0.6 is 11.6 Å². The van der Waals surface area contributed by atoms with Crippen LogP contribution in [-0.4, -0.2) is 45.2 Å². The smallest absolute Gasteiger partial charge is 0.385 e. The Bertz CT molecular complexity index is 488. The molecule has 10 heteroatoms.